The fraction of sp³-hybridized carbons (Fsp3) is 0.263. The summed E-state index contributed by atoms with van der Waals surface area (Å²) in [6.45, 7) is 4.88. The molecule has 4 nitrogen and oxygen atoms in total. The Labute approximate surface area is 137 Å². The van der Waals surface area contributed by atoms with E-state index in [2.05, 4.69) is 42.7 Å². The molecule has 2 N–H and O–H groups in total. The van der Waals surface area contributed by atoms with E-state index in [4.69, 9.17) is 5.26 Å². The van der Waals surface area contributed by atoms with Crippen LogP contribution in [-0.4, -0.2) is 12.5 Å². The number of amides is 1. The first kappa shape index (κ1) is 16.6. The van der Waals surface area contributed by atoms with Crippen molar-refractivity contribution in [3.05, 3.63) is 59.7 Å². The zero-order valence-electron chi connectivity index (χ0n) is 13.5. The normalized spacial score (nSPS) is 10.2. The number of carbonyl (C=O) groups is 1. The molecular weight excluding hydrogens is 286 g/mol. The average molecular weight is 307 g/mol. The van der Waals surface area contributed by atoms with Gasteiger partial charge >= 0.3 is 0 Å². The van der Waals surface area contributed by atoms with Crippen LogP contribution in [0.5, 0.6) is 0 Å². The molecule has 0 fully saturated rings. The van der Waals surface area contributed by atoms with Crippen molar-refractivity contribution in [2.45, 2.75) is 26.2 Å². The minimum absolute atomic E-state index is 0.0774. The molecule has 23 heavy (non-hydrogen) atoms. The first-order valence-electron chi connectivity index (χ1n) is 7.72. The summed E-state index contributed by atoms with van der Waals surface area (Å²) in [6, 6.07) is 17.2. The summed E-state index contributed by atoms with van der Waals surface area (Å²) >= 11 is 0. The van der Waals surface area contributed by atoms with Crippen molar-refractivity contribution >= 4 is 17.3 Å². The molecule has 0 spiro atoms. The molecule has 0 atom stereocenters. The molecule has 0 unspecified atom stereocenters. The molecule has 0 radical (unpaired) electrons. The molecule has 2 rings (SSSR count). The van der Waals surface area contributed by atoms with Gasteiger partial charge in [0.15, 0.2) is 0 Å². The van der Waals surface area contributed by atoms with Crippen LogP contribution >= 0.6 is 0 Å². The molecule has 0 bridgehead atoms. The third kappa shape index (κ3) is 5.15. The van der Waals surface area contributed by atoms with Gasteiger partial charge in [0.1, 0.15) is 0 Å². The van der Waals surface area contributed by atoms with Crippen molar-refractivity contribution in [3.8, 4) is 6.07 Å². The summed E-state index contributed by atoms with van der Waals surface area (Å²) in [4.78, 5) is 11.9. The number of carbonyl (C=O) groups excluding carboxylic acids is 1. The molecule has 0 aliphatic heterocycles. The van der Waals surface area contributed by atoms with E-state index >= 15 is 0 Å². The number of anilines is 2. The molecule has 0 aliphatic carbocycles. The standard InChI is InChI=1S/C19H21N3O/c1-14(2)16-6-8-17(9-7-16)21-11-10-19(23)22-18-5-3-4-15(12-18)13-20/h3-9,12,14,21H,10-11H2,1-2H3,(H,22,23). The highest BCUT2D eigenvalue weighted by Gasteiger charge is 2.03. The molecular formula is C19H21N3O. The lowest BCUT2D eigenvalue weighted by molar-refractivity contribution is -0.115. The van der Waals surface area contributed by atoms with E-state index in [1.165, 1.54) is 5.56 Å². The van der Waals surface area contributed by atoms with Crippen molar-refractivity contribution in [1.82, 2.24) is 0 Å². The maximum Gasteiger partial charge on any atom is 0.226 e. The van der Waals surface area contributed by atoms with Crippen LogP contribution in [0, 0.1) is 11.3 Å². The Bertz CT molecular complexity index is 699. The summed E-state index contributed by atoms with van der Waals surface area (Å²) in [5.74, 6) is 0.436. The van der Waals surface area contributed by atoms with Gasteiger partial charge in [0.05, 0.1) is 11.6 Å². The maximum absolute atomic E-state index is 11.9. The van der Waals surface area contributed by atoms with E-state index in [0.717, 1.165) is 5.69 Å². The summed E-state index contributed by atoms with van der Waals surface area (Å²) in [5, 5.41) is 14.9. The summed E-state index contributed by atoms with van der Waals surface area (Å²) < 4.78 is 0. The SMILES string of the molecule is CC(C)c1ccc(NCCC(=O)Nc2cccc(C#N)c2)cc1. The Hall–Kier alpha value is -2.80. The number of benzene rings is 2. The Morgan fingerprint density at radius 1 is 1.13 bits per heavy atom. The monoisotopic (exact) mass is 307 g/mol. The Balaban J connectivity index is 1.79. The van der Waals surface area contributed by atoms with Crippen molar-refractivity contribution < 1.29 is 4.79 Å². The summed E-state index contributed by atoms with van der Waals surface area (Å²) in [7, 11) is 0. The predicted molar refractivity (Wildman–Crippen MR) is 93.4 cm³/mol. The van der Waals surface area contributed by atoms with Crippen molar-refractivity contribution in [2.24, 2.45) is 0 Å². The minimum Gasteiger partial charge on any atom is -0.385 e. The highest BCUT2D eigenvalue weighted by molar-refractivity contribution is 5.91. The fourth-order valence-electron chi connectivity index (χ4n) is 2.20. The second-order valence-electron chi connectivity index (χ2n) is 5.69. The van der Waals surface area contributed by atoms with Crippen LogP contribution in [0.4, 0.5) is 11.4 Å². The average Bonchev–Trinajstić information content (AvgIpc) is 2.55. The zero-order valence-corrected chi connectivity index (χ0v) is 13.5. The topological polar surface area (TPSA) is 64.9 Å². The van der Waals surface area contributed by atoms with Crippen LogP contribution in [0.2, 0.25) is 0 Å². The lowest BCUT2D eigenvalue weighted by Gasteiger charge is -2.09. The van der Waals surface area contributed by atoms with Gasteiger partial charge in [-0.15, -0.1) is 0 Å². The molecule has 2 aromatic rings. The molecule has 4 heteroatoms. The Morgan fingerprint density at radius 2 is 1.87 bits per heavy atom. The van der Waals surface area contributed by atoms with Gasteiger partial charge in [0, 0.05) is 24.3 Å². The van der Waals surface area contributed by atoms with Gasteiger partial charge in [-0.1, -0.05) is 32.0 Å². The molecule has 118 valence electrons. The van der Waals surface area contributed by atoms with Gasteiger partial charge in [0.2, 0.25) is 5.91 Å². The van der Waals surface area contributed by atoms with Crippen LogP contribution in [0.1, 0.15) is 37.3 Å². The third-order valence-electron chi connectivity index (χ3n) is 3.53. The van der Waals surface area contributed by atoms with E-state index in [0.29, 0.717) is 30.1 Å². The molecule has 0 aromatic heterocycles. The smallest absolute Gasteiger partial charge is 0.226 e. The van der Waals surface area contributed by atoms with E-state index in [1.54, 1.807) is 24.3 Å². The van der Waals surface area contributed by atoms with Crippen molar-refractivity contribution in [3.63, 3.8) is 0 Å². The second-order valence-corrected chi connectivity index (χ2v) is 5.69. The zero-order chi connectivity index (χ0) is 16.7. The van der Waals surface area contributed by atoms with Crippen LogP contribution in [0.25, 0.3) is 0 Å². The highest BCUT2D eigenvalue weighted by atomic mass is 16.1. The molecule has 0 heterocycles. The third-order valence-corrected chi connectivity index (χ3v) is 3.53. The highest BCUT2D eigenvalue weighted by Crippen LogP contribution is 2.17. The number of hydrogen-bond acceptors (Lipinski definition) is 3. The fourth-order valence-corrected chi connectivity index (χ4v) is 2.20. The Morgan fingerprint density at radius 3 is 2.52 bits per heavy atom. The minimum atomic E-state index is -0.0774. The van der Waals surface area contributed by atoms with Gasteiger partial charge in [-0.3, -0.25) is 4.79 Å². The van der Waals surface area contributed by atoms with Gasteiger partial charge in [-0.25, -0.2) is 0 Å². The molecule has 0 saturated heterocycles. The van der Waals surface area contributed by atoms with Gasteiger partial charge in [-0.2, -0.15) is 5.26 Å². The lowest BCUT2D eigenvalue weighted by Crippen LogP contribution is -2.16. The predicted octanol–water partition coefficient (Wildman–Crippen LogP) is 4.12. The van der Waals surface area contributed by atoms with E-state index < -0.39 is 0 Å². The van der Waals surface area contributed by atoms with E-state index in [-0.39, 0.29) is 5.91 Å². The molecule has 1 amide bonds. The number of rotatable bonds is 6. The number of hydrogen-bond donors (Lipinski definition) is 2. The number of nitriles is 1. The van der Waals surface area contributed by atoms with Crippen LogP contribution in [-0.2, 0) is 4.79 Å². The Kier molecular flexibility index (Phi) is 5.76. The van der Waals surface area contributed by atoms with Gasteiger partial charge in [-0.05, 0) is 41.8 Å². The largest absolute Gasteiger partial charge is 0.385 e. The van der Waals surface area contributed by atoms with E-state index in [1.807, 2.05) is 12.1 Å². The number of nitrogens with one attached hydrogen (secondary N) is 2. The van der Waals surface area contributed by atoms with E-state index in [9.17, 15) is 4.79 Å². The molecule has 0 aliphatic rings. The quantitative estimate of drug-likeness (QED) is 0.843. The van der Waals surface area contributed by atoms with Gasteiger partial charge in [0.25, 0.3) is 0 Å². The summed E-state index contributed by atoms with van der Waals surface area (Å²) in [5.41, 5.74) is 3.49. The van der Waals surface area contributed by atoms with Crippen LogP contribution in [0.15, 0.2) is 48.5 Å². The lowest BCUT2D eigenvalue weighted by atomic mass is 10.0. The van der Waals surface area contributed by atoms with Crippen molar-refractivity contribution in [1.29, 1.82) is 5.26 Å². The van der Waals surface area contributed by atoms with Crippen molar-refractivity contribution in [2.75, 3.05) is 17.2 Å². The van der Waals surface area contributed by atoms with Crippen LogP contribution in [0.3, 0.4) is 0 Å². The van der Waals surface area contributed by atoms with Gasteiger partial charge < -0.3 is 10.6 Å². The summed E-state index contributed by atoms with van der Waals surface area (Å²) in [6.07, 6.45) is 0.364. The first-order valence-corrected chi connectivity index (χ1v) is 7.72. The molecule has 0 saturated carbocycles. The first-order chi connectivity index (χ1) is 11.1. The number of nitrogens with zero attached hydrogens (tertiary/aromatic N) is 1. The second kappa shape index (κ2) is 8.00. The molecule has 2 aromatic carbocycles. The maximum atomic E-state index is 11.9. The van der Waals surface area contributed by atoms with Crippen LogP contribution < -0.4 is 10.6 Å².